The summed E-state index contributed by atoms with van der Waals surface area (Å²) in [4.78, 5) is 14.4. The molecule has 0 bridgehead atoms. The van der Waals surface area contributed by atoms with Gasteiger partial charge in [0.25, 0.3) is 0 Å². The molecule has 0 spiro atoms. The van der Waals surface area contributed by atoms with Crippen molar-refractivity contribution in [1.29, 1.82) is 0 Å². The van der Waals surface area contributed by atoms with E-state index in [-0.39, 0.29) is 18.3 Å². The van der Waals surface area contributed by atoms with E-state index in [2.05, 4.69) is 17.0 Å². The number of hydrogen-bond donors (Lipinski definition) is 1. The highest BCUT2D eigenvalue weighted by molar-refractivity contribution is 5.72. The second kappa shape index (κ2) is 8.14. The first-order chi connectivity index (χ1) is 12.2. The molecule has 3 aromatic rings. The number of para-hydroxylation sites is 2. The lowest BCUT2D eigenvalue weighted by Gasteiger charge is -2.25. The number of hydrogen-bond acceptors (Lipinski definition) is 4. The van der Waals surface area contributed by atoms with Crippen molar-refractivity contribution in [3.05, 3.63) is 70.7 Å². The van der Waals surface area contributed by atoms with Gasteiger partial charge in [0.05, 0.1) is 5.52 Å². The molecule has 5 heteroatoms. The van der Waals surface area contributed by atoms with Crippen LogP contribution in [0.4, 0.5) is 0 Å². The van der Waals surface area contributed by atoms with Crippen molar-refractivity contribution in [2.24, 2.45) is 5.92 Å². The summed E-state index contributed by atoms with van der Waals surface area (Å²) in [5.74, 6) is -0.141. The molecule has 1 atom stereocenters. The zero-order valence-electron chi connectivity index (χ0n) is 14.5. The topological polar surface area (TPSA) is 58.6 Å². The number of aromatic nitrogens is 1. The van der Waals surface area contributed by atoms with Crippen LogP contribution in [0.1, 0.15) is 12.5 Å². The average molecular weight is 340 g/mol. The first kappa shape index (κ1) is 17.5. The largest absolute Gasteiger partial charge is 0.419 e. The molecular weight excluding hydrogens is 316 g/mol. The maximum atomic E-state index is 12.1. The number of aliphatic hydroxyl groups excluding tert-OH is 1. The van der Waals surface area contributed by atoms with Gasteiger partial charge in [0.1, 0.15) is 0 Å². The maximum absolute atomic E-state index is 12.1. The van der Waals surface area contributed by atoms with E-state index in [0.29, 0.717) is 18.7 Å². The Morgan fingerprint density at radius 1 is 1.12 bits per heavy atom. The van der Waals surface area contributed by atoms with Crippen LogP contribution in [0.25, 0.3) is 11.1 Å². The van der Waals surface area contributed by atoms with Crippen LogP contribution in [-0.2, 0) is 13.1 Å². The van der Waals surface area contributed by atoms with Gasteiger partial charge in [-0.25, -0.2) is 4.79 Å². The fraction of sp³-hybridized carbons (Fsp3) is 0.350. The Morgan fingerprint density at radius 2 is 1.84 bits per heavy atom. The average Bonchev–Trinajstić information content (AvgIpc) is 2.95. The first-order valence-electron chi connectivity index (χ1n) is 8.63. The minimum absolute atomic E-state index is 0.153. The smallest absolute Gasteiger partial charge is 0.408 e. The number of fused-ring (bicyclic) bond motifs is 1. The van der Waals surface area contributed by atoms with E-state index in [4.69, 9.17) is 4.42 Å². The van der Waals surface area contributed by atoms with E-state index in [1.807, 2.05) is 49.4 Å². The van der Waals surface area contributed by atoms with Crippen LogP contribution in [0.3, 0.4) is 0 Å². The Balaban J connectivity index is 1.75. The van der Waals surface area contributed by atoms with Crippen molar-refractivity contribution in [3.8, 4) is 0 Å². The molecule has 1 N–H and O–H groups in total. The second-order valence-electron chi connectivity index (χ2n) is 6.50. The molecule has 1 heterocycles. The highest BCUT2D eigenvalue weighted by Gasteiger charge is 2.13. The third-order valence-electron chi connectivity index (χ3n) is 4.34. The molecule has 0 saturated carbocycles. The van der Waals surface area contributed by atoms with Crippen molar-refractivity contribution in [2.75, 3.05) is 19.7 Å². The fourth-order valence-electron chi connectivity index (χ4n) is 3.04. The molecule has 1 aromatic heterocycles. The van der Waals surface area contributed by atoms with Gasteiger partial charge in [-0.15, -0.1) is 0 Å². The molecule has 5 nitrogen and oxygen atoms in total. The fourth-order valence-corrected chi connectivity index (χ4v) is 3.04. The lowest BCUT2D eigenvalue weighted by Crippen LogP contribution is -2.33. The Hall–Kier alpha value is -2.37. The van der Waals surface area contributed by atoms with Gasteiger partial charge in [0.15, 0.2) is 5.58 Å². The van der Waals surface area contributed by atoms with Gasteiger partial charge in [-0.3, -0.25) is 9.47 Å². The number of oxazole rings is 1. The number of nitrogens with zero attached hydrogens (tertiary/aromatic N) is 2. The standard InChI is InChI=1S/C20H24N2O3/c1-16(15-23)13-21(14-17-7-3-2-4-8-17)11-12-22-18-9-5-6-10-19(18)25-20(22)24/h2-10,16,23H,11-15H2,1H3/t16-/m0/s1. The third-order valence-corrected chi connectivity index (χ3v) is 4.34. The van der Waals surface area contributed by atoms with E-state index >= 15 is 0 Å². The molecule has 0 amide bonds. The molecule has 0 fully saturated rings. The summed E-state index contributed by atoms with van der Waals surface area (Å²) in [5.41, 5.74) is 2.66. The molecule has 25 heavy (non-hydrogen) atoms. The van der Waals surface area contributed by atoms with Gasteiger partial charge in [-0.2, -0.15) is 0 Å². The summed E-state index contributed by atoms with van der Waals surface area (Å²) in [7, 11) is 0. The predicted molar refractivity (Wildman–Crippen MR) is 98.4 cm³/mol. The van der Waals surface area contributed by atoms with E-state index in [0.717, 1.165) is 18.6 Å². The summed E-state index contributed by atoms with van der Waals surface area (Å²) in [6.07, 6.45) is 0. The van der Waals surface area contributed by atoms with Crippen LogP contribution >= 0.6 is 0 Å². The molecule has 132 valence electrons. The lowest BCUT2D eigenvalue weighted by atomic mass is 10.1. The van der Waals surface area contributed by atoms with Crippen LogP contribution in [0.2, 0.25) is 0 Å². The van der Waals surface area contributed by atoms with Gasteiger partial charge in [-0.1, -0.05) is 49.4 Å². The van der Waals surface area contributed by atoms with Crippen LogP contribution in [0.15, 0.2) is 63.8 Å². The third kappa shape index (κ3) is 4.38. The molecule has 0 aliphatic rings. The Bertz CT molecular complexity index is 854. The van der Waals surface area contributed by atoms with Gasteiger partial charge in [-0.05, 0) is 23.6 Å². The number of rotatable bonds is 8. The van der Waals surface area contributed by atoms with Crippen LogP contribution in [-0.4, -0.2) is 34.3 Å². The van der Waals surface area contributed by atoms with Crippen molar-refractivity contribution in [1.82, 2.24) is 9.47 Å². The van der Waals surface area contributed by atoms with E-state index in [1.54, 1.807) is 4.57 Å². The highest BCUT2D eigenvalue weighted by atomic mass is 16.4. The molecule has 0 aliphatic heterocycles. The van der Waals surface area contributed by atoms with Crippen molar-refractivity contribution >= 4 is 11.1 Å². The van der Waals surface area contributed by atoms with E-state index < -0.39 is 0 Å². The lowest BCUT2D eigenvalue weighted by molar-refractivity contribution is 0.164. The Labute approximate surface area is 147 Å². The van der Waals surface area contributed by atoms with E-state index in [1.165, 1.54) is 5.56 Å². The SMILES string of the molecule is C[C@H](CO)CN(CCn1c(=O)oc2ccccc21)Cc1ccccc1. The number of benzene rings is 2. The Kier molecular flexibility index (Phi) is 5.68. The van der Waals surface area contributed by atoms with Crippen molar-refractivity contribution in [2.45, 2.75) is 20.0 Å². The minimum atomic E-state index is -0.323. The quantitative estimate of drug-likeness (QED) is 0.685. The maximum Gasteiger partial charge on any atom is 0.419 e. The Morgan fingerprint density at radius 3 is 2.60 bits per heavy atom. The van der Waals surface area contributed by atoms with E-state index in [9.17, 15) is 9.90 Å². The normalized spacial score (nSPS) is 12.8. The van der Waals surface area contributed by atoms with Crippen LogP contribution in [0, 0.1) is 5.92 Å². The summed E-state index contributed by atoms with van der Waals surface area (Å²) >= 11 is 0. The molecule has 0 radical (unpaired) electrons. The van der Waals surface area contributed by atoms with Gasteiger partial charge in [0.2, 0.25) is 0 Å². The second-order valence-corrected chi connectivity index (χ2v) is 6.50. The summed E-state index contributed by atoms with van der Waals surface area (Å²) in [5, 5.41) is 9.39. The molecular formula is C20H24N2O3. The predicted octanol–water partition coefficient (Wildman–Crippen LogP) is 2.73. The highest BCUT2D eigenvalue weighted by Crippen LogP contribution is 2.13. The minimum Gasteiger partial charge on any atom is -0.408 e. The zero-order chi connectivity index (χ0) is 17.6. The van der Waals surface area contributed by atoms with Gasteiger partial charge in [0, 0.05) is 32.8 Å². The van der Waals surface area contributed by atoms with Crippen LogP contribution in [0.5, 0.6) is 0 Å². The summed E-state index contributed by atoms with van der Waals surface area (Å²) in [6, 6.07) is 17.7. The summed E-state index contributed by atoms with van der Waals surface area (Å²) in [6.45, 7) is 5.01. The summed E-state index contributed by atoms with van der Waals surface area (Å²) < 4.78 is 6.98. The van der Waals surface area contributed by atoms with Gasteiger partial charge >= 0.3 is 5.76 Å². The van der Waals surface area contributed by atoms with Crippen molar-refractivity contribution in [3.63, 3.8) is 0 Å². The molecule has 3 rings (SSSR count). The monoisotopic (exact) mass is 340 g/mol. The molecule has 0 unspecified atom stereocenters. The molecule has 2 aromatic carbocycles. The molecule has 0 saturated heterocycles. The zero-order valence-corrected chi connectivity index (χ0v) is 14.5. The molecule has 0 aliphatic carbocycles. The van der Waals surface area contributed by atoms with Crippen LogP contribution < -0.4 is 5.76 Å². The van der Waals surface area contributed by atoms with Crippen molar-refractivity contribution < 1.29 is 9.52 Å². The number of aliphatic hydroxyl groups is 1. The first-order valence-corrected chi connectivity index (χ1v) is 8.63. The van der Waals surface area contributed by atoms with Gasteiger partial charge < -0.3 is 9.52 Å².